The van der Waals surface area contributed by atoms with Crippen LogP contribution < -0.4 is 11.1 Å². The van der Waals surface area contributed by atoms with Crippen molar-refractivity contribution in [2.75, 3.05) is 17.6 Å². The molecule has 0 radical (unpaired) electrons. The van der Waals surface area contributed by atoms with E-state index in [0.29, 0.717) is 12.5 Å². The predicted octanol–water partition coefficient (Wildman–Crippen LogP) is 2.37. The Morgan fingerprint density at radius 1 is 1.29 bits per heavy atom. The molecule has 2 nitrogen and oxygen atoms in total. The fraction of sp³-hybridized carbons (Fsp3) is 0.400. The lowest BCUT2D eigenvalue weighted by molar-refractivity contribution is 0.588. The van der Waals surface area contributed by atoms with Crippen molar-refractivity contribution in [1.82, 2.24) is 0 Å². The molecular weight excluding hydrogens is 186 g/mol. The quantitative estimate of drug-likeness (QED) is 0.732. The van der Waals surface area contributed by atoms with Gasteiger partial charge in [0, 0.05) is 12.2 Å². The van der Waals surface area contributed by atoms with Gasteiger partial charge in [0.25, 0.3) is 0 Å². The van der Waals surface area contributed by atoms with Gasteiger partial charge >= 0.3 is 0 Å². The van der Waals surface area contributed by atoms with Gasteiger partial charge in [-0.1, -0.05) is 0 Å². The zero-order valence-electron chi connectivity index (χ0n) is 7.69. The van der Waals surface area contributed by atoms with Crippen LogP contribution >= 0.6 is 0 Å². The second-order valence-corrected chi connectivity index (χ2v) is 3.68. The van der Waals surface area contributed by atoms with Crippen molar-refractivity contribution in [3.8, 4) is 0 Å². The number of nitrogens with one attached hydrogen (secondary N) is 1. The summed E-state index contributed by atoms with van der Waals surface area (Å²) in [6.07, 6.45) is 2.29. The number of halogens is 2. The second kappa shape index (κ2) is 3.44. The molecule has 1 saturated carbocycles. The van der Waals surface area contributed by atoms with Gasteiger partial charge in [-0.05, 0) is 30.9 Å². The van der Waals surface area contributed by atoms with E-state index in [2.05, 4.69) is 5.32 Å². The molecule has 1 aliphatic carbocycles. The highest BCUT2D eigenvalue weighted by Crippen LogP contribution is 2.30. The second-order valence-electron chi connectivity index (χ2n) is 3.68. The van der Waals surface area contributed by atoms with Gasteiger partial charge < -0.3 is 11.1 Å². The van der Waals surface area contributed by atoms with Crippen LogP contribution in [0.15, 0.2) is 12.1 Å². The van der Waals surface area contributed by atoms with Crippen LogP contribution in [0.5, 0.6) is 0 Å². The Morgan fingerprint density at radius 3 is 2.36 bits per heavy atom. The number of nitrogens with two attached hydrogens (primary N) is 1. The molecule has 0 bridgehead atoms. The van der Waals surface area contributed by atoms with E-state index in [1.165, 1.54) is 0 Å². The van der Waals surface area contributed by atoms with Crippen molar-refractivity contribution in [2.24, 2.45) is 5.92 Å². The summed E-state index contributed by atoms with van der Waals surface area (Å²) < 4.78 is 26.4. The summed E-state index contributed by atoms with van der Waals surface area (Å²) in [7, 11) is 0. The monoisotopic (exact) mass is 198 g/mol. The van der Waals surface area contributed by atoms with E-state index in [-0.39, 0.29) is 11.4 Å². The Morgan fingerprint density at radius 2 is 1.86 bits per heavy atom. The summed E-state index contributed by atoms with van der Waals surface area (Å²) in [5, 5.41) is 2.76. The van der Waals surface area contributed by atoms with Gasteiger partial charge in [-0.25, -0.2) is 8.78 Å². The Hall–Kier alpha value is -1.32. The standard InChI is InChI=1S/C10H12F2N2/c11-8-3-7(13)4-9(12)10(8)14-5-6-1-2-6/h3-4,6,14H,1-2,5,13H2. The lowest BCUT2D eigenvalue weighted by atomic mass is 10.2. The molecule has 3 N–H and O–H groups in total. The number of nitrogen functional groups attached to an aromatic ring is 1. The summed E-state index contributed by atoms with van der Waals surface area (Å²) in [5.74, 6) is -0.669. The van der Waals surface area contributed by atoms with E-state index in [1.807, 2.05) is 0 Å². The van der Waals surface area contributed by atoms with Gasteiger partial charge in [0.05, 0.1) is 0 Å². The van der Waals surface area contributed by atoms with Crippen molar-refractivity contribution in [1.29, 1.82) is 0 Å². The number of benzene rings is 1. The first-order chi connectivity index (χ1) is 6.66. The average Bonchev–Trinajstić information content (AvgIpc) is 2.85. The molecule has 76 valence electrons. The van der Waals surface area contributed by atoms with Gasteiger partial charge in [0.15, 0.2) is 11.6 Å². The van der Waals surface area contributed by atoms with Gasteiger partial charge in [-0.15, -0.1) is 0 Å². The first-order valence-electron chi connectivity index (χ1n) is 4.65. The molecule has 1 aromatic carbocycles. The van der Waals surface area contributed by atoms with E-state index >= 15 is 0 Å². The van der Waals surface area contributed by atoms with Gasteiger partial charge in [-0.2, -0.15) is 0 Å². The molecular formula is C10H12F2N2. The summed E-state index contributed by atoms with van der Waals surface area (Å²) in [6, 6.07) is 2.25. The zero-order chi connectivity index (χ0) is 10.1. The van der Waals surface area contributed by atoms with Crippen LogP contribution in [-0.4, -0.2) is 6.54 Å². The molecule has 0 aliphatic heterocycles. The fourth-order valence-corrected chi connectivity index (χ4v) is 1.33. The first kappa shape index (κ1) is 9.24. The Labute approximate surface area is 81.1 Å². The van der Waals surface area contributed by atoms with Crippen LogP contribution in [0.4, 0.5) is 20.2 Å². The molecule has 1 aromatic rings. The molecule has 14 heavy (non-hydrogen) atoms. The minimum absolute atomic E-state index is 0.0638. The molecule has 1 fully saturated rings. The van der Waals surface area contributed by atoms with Gasteiger partial charge in [0.1, 0.15) is 5.69 Å². The largest absolute Gasteiger partial charge is 0.399 e. The van der Waals surface area contributed by atoms with Crippen LogP contribution in [-0.2, 0) is 0 Å². The van der Waals surface area contributed by atoms with Crippen LogP contribution in [0.3, 0.4) is 0 Å². The highest BCUT2D eigenvalue weighted by Gasteiger charge is 2.22. The lowest BCUT2D eigenvalue weighted by Crippen LogP contribution is -2.07. The van der Waals surface area contributed by atoms with E-state index < -0.39 is 11.6 Å². The predicted molar refractivity (Wildman–Crippen MR) is 52.0 cm³/mol. The molecule has 0 amide bonds. The van der Waals surface area contributed by atoms with Gasteiger partial charge in [0.2, 0.25) is 0 Å². The molecule has 0 saturated heterocycles. The summed E-state index contributed by atoms with van der Waals surface area (Å²) >= 11 is 0. The van der Waals surface area contributed by atoms with Crippen molar-refractivity contribution in [3.63, 3.8) is 0 Å². The number of hydrogen-bond acceptors (Lipinski definition) is 2. The van der Waals surface area contributed by atoms with Crippen molar-refractivity contribution < 1.29 is 8.78 Å². The third-order valence-corrected chi connectivity index (χ3v) is 2.33. The molecule has 0 spiro atoms. The van der Waals surface area contributed by atoms with E-state index in [9.17, 15) is 8.78 Å². The van der Waals surface area contributed by atoms with E-state index in [0.717, 1.165) is 25.0 Å². The molecule has 0 atom stereocenters. The maximum absolute atomic E-state index is 13.2. The minimum Gasteiger partial charge on any atom is -0.399 e. The van der Waals surface area contributed by atoms with Crippen LogP contribution in [0.1, 0.15) is 12.8 Å². The van der Waals surface area contributed by atoms with Crippen LogP contribution in [0.25, 0.3) is 0 Å². The molecule has 1 aliphatic rings. The third kappa shape index (κ3) is 1.95. The lowest BCUT2D eigenvalue weighted by Gasteiger charge is -2.08. The Bertz CT molecular complexity index is 325. The average molecular weight is 198 g/mol. The molecule has 0 heterocycles. The first-order valence-corrected chi connectivity index (χ1v) is 4.65. The van der Waals surface area contributed by atoms with Crippen molar-refractivity contribution in [2.45, 2.75) is 12.8 Å². The highest BCUT2D eigenvalue weighted by molar-refractivity contribution is 5.54. The number of rotatable bonds is 3. The van der Waals surface area contributed by atoms with Gasteiger partial charge in [-0.3, -0.25) is 0 Å². The number of anilines is 2. The topological polar surface area (TPSA) is 38.0 Å². The molecule has 0 unspecified atom stereocenters. The SMILES string of the molecule is Nc1cc(F)c(NCC2CC2)c(F)c1. The Balaban J connectivity index is 2.13. The fourth-order valence-electron chi connectivity index (χ4n) is 1.33. The minimum atomic E-state index is -0.622. The van der Waals surface area contributed by atoms with Crippen molar-refractivity contribution >= 4 is 11.4 Å². The Kier molecular flexibility index (Phi) is 2.27. The maximum atomic E-state index is 13.2. The summed E-state index contributed by atoms with van der Waals surface area (Å²) in [4.78, 5) is 0. The summed E-state index contributed by atoms with van der Waals surface area (Å²) in [5.41, 5.74) is 5.33. The molecule has 2 rings (SSSR count). The third-order valence-electron chi connectivity index (χ3n) is 2.33. The normalized spacial score (nSPS) is 15.6. The van der Waals surface area contributed by atoms with Crippen LogP contribution in [0, 0.1) is 17.6 Å². The number of hydrogen-bond donors (Lipinski definition) is 2. The van der Waals surface area contributed by atoms with Crippen LogP contribution in [0.2, 0.25) is 0 Å². The smallest absolute Gasteiger partial charge is 0.151 e. The van der Waals surface area contributed by atoms with E-state index in [4.69, 9.17) is 5.73 Å². The zero-order valence-corrected chi connectivity index (χ0v) is 7.69. The van der Waals surface area contributed by atoms with E-state index in [1.54, 1.807) is 0 Å². The summed E-state index contributed by atoms with van der Waals surface area (Å²) in [6.45, 7) is 0.637. The molecule has 4 heteroatoms. The van der Waals surface area contributed by atoms with Crippen molar-refractivity contribution in [3.05, 3.63) is 23.8 Å². The molecule has 0 aromatic heterocycles. The highest BCUT2D eigenvalue weighted by atomic mass is 19.1. The maximum Gasteiger partial charge on any atom is 0.151 e.